The van der Waals surface area contributed by atoms with Crippen molar-refractivity contribution in [2.45, 2.75) is 12.6 Å². The van der Waals surface area contributed by atoms with Gasteiger partial charge in [-0.05, 0) is 41.5 Å². The van der Waals surface area contributed by atoms with Crippen LogP contribution in [0.25, 0.3) is 22.2 Å². The summed E-state index contributed by atoms with van der Waals surface area (Å²) in [5.74, 6) is -1.05. The standard InChI is InChI=1S/C17H11BrF3NO2/c18-11-4-5-14-12(7-11)13(8-15(23)24)16(22-14)9-2-1-3-10(6-9)17(19,20)21/h1-7,22H,8H2,(H,23,24). The van der Waals surface area contributed by atoms with Gasteiger partial charge in [-0.15, -0.1) is 0 Å². The van der Waals surface area contributed by atoms with E-state index >= 15 is 0 Å². The first-order valence-electron chi connectivity index (χ1n) is 6.95. The van der Waals surface area contributed by atoms with Crippen molar-refractivity contribution in [2.24, 2.45) is 0 Å². The van der Waals surface area contributed by atoms with E-state index in [9.17, 15) is 18.0 Å². The number of carbonyl (C=O) groups is 1. The van der Waals surface area contributed by atoms with E-state index in [2.05, 4.69) is 20.9 Å². The average molecular weight is 398 g/mol. The molecule has 0 aliphatic heterocycles. The third kappa shape index (κ3) is 3.17. The first-order valence-corrected chi connectivity index (χ1v) is 7.74. The molecule has 3 nitrogen and oxygen atoms in total. The first kappa shape index (κ1) is 16.6. The van der Waals surface area contributed by atoms with Gasteiger partial charge in [-0.1, -0.05) is 28.1 Å². The van der Waals surface area contributed by atoms with Crippen LogP contribution in [0.3, 0.4) is 0 Å². The van der Waals surface area contributed by atoms with E-state index in [-0.39, 0.29) is 6.42 Å². The van der Waals surface area contributed by atoms with Crippen LogP contribution in [0.15, 0.2) is 46.9 Å². The fourth-order valence-electron chi connectivity index (χ4n) is 2.65. The van der Waals surface area contributed by atoms with Crippen molar-refractivity contribution in [1.82, 2.24) is 4.98 Å². The SMILES string of the molecule is O=C(O)Cc1c(-c2cccc(C(F)(F)F)c2)[nH]c2ccc(Br)cc12. The third-order valence-electron chi connectivity index (χ3n) is 3.67. The number of carboxylic acids is 1. The molecule has 24 heavy (non-hydrogen) atoms. The number of aromatic amines is 1. The van der Waals surface area contributed by atoms with Crippen molar-refractivity contribution >= 4 is 32.8 Å². The molecule has 7 heteroatoms. The maximum Gasteiger partial charge on any atom is 0.416 e. The van der Waals surface area contributed by atoms with Crippen LogP contribution in [0, 0.1) is 0 Å². The summed E-state index contributed by atoms with van der Waals surface area (Å²) >= 11 is 3.33. The van der Waals surface area contributed by atoms with E-state index in [1.165, 1.54) is 12.1 Å². The Morgan fingerprint density at radius 1 is 1.17 bits per heavy atom. The Labute approximate surface area is 143 Å². The van der Waals surface area contributed by atoms with E-state index in [1.54, 1.807) is 18.2 Å². The minimum absolute atomic E-state index is 0.290. The second-order valence-electron chi connectivity index (χ2n) is 5.32. The number of fused-ring (bicyclic) bond motifs is 1. The summed E-state index contributed by atoms with van der Waals surface area (Å²) in [5.41, 5.74) is 1.03. The third-order valence-corrected chi connectivity index (χ3v) is 4.17. The molecule has 0 atom stereocenters. The van der Waals surface area contributed by atoms with Crippen molar-refractivity contribution in [3.63, 3.8) is 0 Å². The van der Waals surface area contributed by atoms with Crippen molar-refractivity contribution in [3.05, 3.63) is 58.1 Å². The first-order chi connectivity index (χ1) is 11.3. The molecule has 0 aliphatic carbocycles. The average Bonchev–Trinajstić information content (AvgIpc) is 2.84. The summed E-state index contributed by atoms with van der Waals surface area (Å²) in [6.07, 6.45) is -4.75. The molecule has 0 spiro atoms. The lowest BCUT2D eigenvalue weighted by atomic mass is 10.0. The Morgan fingerprint density at radius 3 is 2.58 bits per heavy atom. The van der Waals surface area contributed by atoms with Gasteiger partial charge in [-0.25, -0.2) is 0 Å². The number of hydrogen-bond acceptors (Lipinski definition) is 1. The highest BCUT2D eigenvalue weighted by Gasteiger charge is 2.30. The summed E-state index contributed by atoms with van der Waals surface area (Å²) in [6.45, 7) is 0. The van der Waals surface area contributed by atoms with Crippen LogP contribution in [0.4, 0.5) is 13.2 Å². The van der Waals surface area contributed by atoms with Crippen LogP contribution in [-0.4, -0.2) is 16.1 Å². The number of benzene rings is 2. The van der Waals surface area contributed by atoms with E-state index in [4.69, 9.17) is 5.11 Å². The van der Waals surface area contributed by atoms with E-state index in [0.29, 0.717) is 27.7 Å². The molecule has 0 bridgehead atoms. The number of rotatable bonds is 3. The minimum atomic E-state index is -4.46. The Bertz CT molecular complexity index is 931. The number of carboxylic acid groups (broad SMARTS) is 1. The molecule has 3 rings (SSSR count). The zero-order chi connectivity index (χ0) is 17.5. The van der Waals surface area contributed by atoms with Gasteiger partial charge in [0.05, 0.1) is 17.7 Å². The number of hydrogen-bond donors (Lipinski definition) is 2. The molecule has 0 fully saturated rings. The predicted octanol–water partition coefficient (Wildman–Crippen LogP) is 5.24. The minimum Gasteiger partial charge on any atom is -0.481 e. The van der Waals surface area contributed by atoms with Crippen LogP contribution in [0.1, 0.15) is 11.1 Å². The smallest absolute Gasteiger partial charge is 0.416 e. The molecular weight excluding hydrogens is 387 g/mol. The largest absolute Gasteiger partial charge is 0.481 e. The highest BCUT2D eigenvalue weighted by atomic mass is 79.9. The zero-order valence-corrected chi connectivity index (χ0v) is 13.7. The molecule has 0 radical (unpaired) electrons. The van der Waals surface area contributed by atoms with Gasteiger partial charge in [0.25, 0.3) is 0 Å². The lowest BCUT2D eigenvalue weighted by Gasteiger charge is -2.09. The van der Waals surface area contributed by atoms with Crippen LogP contribution < -0.4 is 0 Å². The maximum absolute atomic E-state index is 12.9. The zero-order valence-electron chi connectivity index (χ0n) is 12.1. The van der Waals surface area contributed by atoms with Gasteiger partial charge in [-0.2, -0.15) is 13.2 Å². The van der Waals surface area contributed by atoms with E-state index in [0.717, 1.165) is 16.6 Å². The number of H-pyrrole nitrogens is 1. The van der Waals surface area contributed by atoms with Crippen molar-refractivity contribution in [1.29, 1.82) is 0 Å². The van der Waals surface area contributed by atoms with E-state index in [1.807, 2.05) is 0 Å². The normalized spacial score (nSPS) is 11.8. The molecule has 0 saturated heterocycles. The molecule has 0 saturated carbocycles. The highest BCUT2D eigenvalue weighted by Crippen LogP contribution is 2.36. The Hall–Kier alpha value is -2.28. The molecular formula is C17H11BrF3NO2. The number of alkyl halides is 3. The number of aliphatic carboxylic acids is 1. The van der Waals surface area contributed by atoms with Crippen LogP contribution in [0.5, 0.6) is 0 Å². The lowest BCUT2D eigenvalue weighted by molar-refractivity contribution is -0.138. The van der Waals surface area contributed by atoms with Gasteiger partial charge in [0.2, 0.25) is 0 Å². The van der Waals surface area contributed by atoms with Crippen molar-refractivity contribution in [2.75, 3.05) is 0 Å². The van der Waals surface area contributed by atoms with Gasteiger partial charge < -0.3 is 10.1 Å². The quantitative estimate of drug-likeness (QED) is 0.634. The molecule has 1 aromatic heterocycles. The molecule has 2 N–H and O–H groups in total. The summed E-state index contributed by atoms with van der Waals surface area (Å²) in [5, 5.41) is 9.83. The fraction of sp³-hybridized carbons (Fsp3) is 0.118. The van der Waals surface area contributed by atoms with Gasteiger partial charge in [0.1, 0.15) is 0 Å². The Morgan fingerprint density at radius 2 is 1.92 bits per heavy atom. The van der Waals surface area contributed by atoms with Crippen molar-refractivity contribution in [3.8, 4) is 11.3 Å². The monoisotopic (exact) mass is 397 g/mol. The summed E-state index contributed by atoms with van der Waals surface area (Å²) in [4.78, 5) is 14.2. The maximum atomic E-state index is 12.9. The number of aromatic nitrogens is 1. The molecule has 1 heterocycles. The van der Waals surface area contributed by atoms with Crippen LogP contribution >= 0.6 is 15.9 Å². The molecule has 124 valence electrons. The van der Waals surface area contributed by atoms with Crippen molar-refractivity contribution < 1.29 is 23.1 Å². The fourth-order valence-corrected chi connectivity index (χ4v) is 3.01. The lowest BCUT2D eigenvalue weighted by Crippen LogP contribution is -2.05. The predicted molar refractivity (Wildman–Crippen MR) is 87.8 cm³/mol. The van der Waals surface area contributed by atoms with E-state index < -0.39 is 17.7 Å². The second-order valence-corrected chi connectivity index (χ2v) is 6.23. The summed E-state index contributed by atoms with van der Waals surface area (Å²) < 4.78 is 39.6. The van der Waals surface area contributed by atoms with Gasteiger partial charge in [0.15, 0.2) is 0 Å². The molecule has 2 aromatic carbocycles. The molecule has 0 aliphatic rings. The number of nitrogens with one attached hydrogen (secondary N) is 1. The highest BCUT2D eigenvalue weighted by molar-refractivity contribution is 9.10. The number of halogens is 4. The van der Waals surface area contributed by atoms with Crippen LogP contribution in [-0.2, 0) is 17.4 Å². The second kappa shape index (κ2) is 5.98. The van der Waals surface area contributed by atoms with Crippen LogP contribution in [0.2, 0.25) is 0 Å². The summed E-state index contributed by atoms with van der Waals surface area (Å²) in [6, 6.07) is 10.1. The molecule has 0 unspecified atom stereocenters. The summed E-state index contributed by atoms with van der Waals surface area (Å²) in [7, 11) is 0. The van der Waals surface area contributed by atoms with Gasteiger partial charge in [0, 0.05) is 15.4 Å². The van der Waals surface area contributed by atoms with Gasteiger partial charge >= 0.3 is 12.1 Å². The molecule has 3 aromatic rings. The Kier molecular flexibility index (Phi) is 4.13. The Balaban J connectivity index is 2.24. The molecule has 0 amide bonds. The van der Waals surface area contributed by atoms with Gasteiger partial charge in [-0.3, -0.25) is 4.79 Å². The topological polar surface area (TPSA) is 53.1 Å².